The number of aliphatic hydroxyl groups excluding tert-OH is 1. The van der Waals surface area contributed by atoms with Gasteiger partial charge in [0.15, 0.2) is 0 Å². The Kier molecular flexibility index (Phi) is 5.83. The van der Waals surface area contributed by atoms with Gasteiger partial charge in [0, 0.05) is 13.5 Å². The number of hydrogen-bond donors (Lipinski definition) is 2. The highest BCUT2D eigenvalue weighted by atomic mass is 16.6. The van der Waals surface area contributed by atoms with Crippen LogP contribution in [0.25, 0.3) is 0 Å². The third-order valence-corrected chi connectivity index (χ3v) is 3.85. The fraction of sp³-hybridized carbons (Fsp3) is 0.933. The highest BCUT2D eigenvalue weighted by Gasteiger charge is 2.37. The summed E-state index contributed by atoms with van der Waals surface area (Å²) in [6.07, 6.45) is 3.62. The monoisotopic (exact) mass is 287 g/mol. The second kappa shape index (κ2) is 6.76. The molecule has 5 nitrogen and oxygen atoms in total. The molecule has 1 amide bonds. The fourth-order valence-electron chi connectivity index (χ4n) is 2.66. The van der Waals surface area contributed by atoms with Gasteiger partial charge in [-0.3, -0.25) is 0 Å². The lowest BCUT2D eigenvalue weighted by Crippen LogP contribution is -2.46. The molecule has 5 heteroatoms. The minimum Gasteiger partial charge on any atom is -0.444 e. The molecule has 0 spiro atoms. The van der Waals surface area contributed by atoms with E-state index in [1.807, 2.05) is 20.8 Å². The first-order valence-electron chi connectivity index (χ1n) is 7.40. The van der Waals surface area contributed by atoms with Gasteiger partial charge < -0.3 is 19.9 Å². The molecular weight excluding hydrogens is 258 g/mol. The van der Waals surface area contributed by atoms with Crippen LogP contribution in [-0.4, -0.2) is 41.7 Å². The number of aliphatic hydroxyl groups is 1. The molecule has 0 saturated heterocycles. The van der Waals surface area contributed by atoms with Crippen LogP contribution >= 0.6 is 0 Å². The molecule has 0 unspecified atom stereocenters. The topological polar surface area (TPSA) is 67.8 Å². The second-order valence-electron chi connectivity index (χ2n) is 6.80. The molecule has 1 fully saturated rings. The van der Waals surface area contributed by atoms with Crippen molar-refractivity contribution in [2.75, 3.05) is 7.11 Å². The third kappa shape index (κ3) is 5.29. The first kappa shape index (κ1) is 17.2. The van der Waals surface area contributed by atoms with Gasteiger partial charge in [0.05, 0.1) is 17.7 Å². The van der Waals surface area contributed by atoms with Crippen molar-refractivity contribution in [2.24, 2.45) is 0 Å². The number of amides is 1. The number of nitrogens with one attached hydrogen (secondary N) is 1. The van der Waals surface area contributed by atoms with Gasteiger partial charge in [0.2, 0.25) is 0 Å². The molecule has 0 aliphatic heterocycles. The van der Waals surface area contributed by atoms with Crippen molar-refractivity contribution in [3.8, 4) is 0 Å². The molecule has 0 aromatic rings. The van der Waals surface area contributed by atoms with Crippen LogP contribution < -0.4 is 5.32 Å². The van der Waals surface area contributed by atoms with Gasteiger partial charge in [-0.25, -0.2) is 4.79 Å². The molecule has 1 rings (SSSR count). The average Bonchev–Trinajstić information content (AvgIpc) is 2.75. The maximum Gasteiger partial charge on any atom is 0.407 e. The van der Waals surface area contributed by atoms with E-state index >= 15 is 0 Å². The molecule has 2 N–H and O–H groups in total. The van der Waals surface area contributed by atoms with Crippen LogP contribution in [0.3, 0.4) is 0 Å². The van der Waals surface area contributed by atoms with Crippen LogP contribution in [0.2, 0.25) is 0 Å². The van der Waals surface area contributed by atoms with E-state index in [1.165, 1.54) is 0 Å². The van der Waals surface area contributed by atoms with E-state index in [2.05, 4.69) is 5.32 Å². The summed E-state index contributed by atoms with van der Waals surface area (Å²) >= 11 is 0. The van der Waals surface area contributed by atoms with Gasteiger partial charge in [-0.2, -0.15) is 0 Å². The maximum absolute atomic E-state index is 11.7. The standard InChI is InChI=1S/C15H29NO4/c1-11(16-13(18)20-14(2,3)4)12(17)10-15(19-5)8-6-7-9-15/h11-12,17H,6-10H2,1-5H3,(H,16,18)/t11-,12-/m0/s1. The second-order valence-corrected chi connectivity index (χ2v) is 6.80. The lowest BCUT2D eigenvalue weighted by atomic mass is 9.91. The third-order valence-electron chi connectivity index (χ3n) is 3.85. The zero-order chi connectivity index (χ0) is 15.4. The molecule has 2 atom stereocenters. The number of methoxy groups -OCH3 is 1. The molecule has 0 aromatic carbocycles. The lowest BCUT2D eigenvalue weighted by molar-refractivity contribution is -0.0485. The fourth-order valence-corrected chi connectivity index (χ4v) is 2.66. The van der Waals surface area contributed by atoms with E-state index in [1.54, 1.807) is 14.0 Å². The number of rotatable bonds is 5. The number of hydrogen-bond acceptors (Lipinski definition) is 4. The smallest absolute Gasteiger partial charge is 0.407 e. The summed E-state index contributed by atoms with van der Waals surface area (Å²) < 4.78 is 10.8. The molecular formula is C15H29NO4. The molecule has 0 aromatic heterocycles. The van der Waals surface area contributed by atoms with Gasteiger partial charge in [0.25, 0.3) is 0 Å². The molecule has 0 bridgehead atoms. The van der Waals surface area contributed by atoms with E-state index < -0.39 is 17.8 Å². The van der Waals surface area contributed by atoms with Crippen LogP contribution in [0.1, 0.15) is 59.8 Å². The molecule has 0 radical (unpaired) electrons. The number of carbonyl (C=O) groups excluding carboxylic acids is 1. The van der Waals surface area contributed by atoms with E-state index in [4.69, 9.17) is 9.47 Å². The Morgan fingerprint density at radius 2 is 1.90 bits per heavy atom. The largest absolute Gasteiger partial charge is 0.444 e. The Morgan fingerprint density at radius 3 is 2.35 bits per heavy atom. The zero-order valence-electron chi connectivity index (χ0n) is 13.4. The summed E-state index contributed by atoms with van der Waals surface area (Å²) in [5.41, 5.74) is -0.767. The number of carbonyl (C=O) groups is 1. The van der Waals surface area contributed by atoms with Gasteiger partial charge in [0.1, 0.15) is 5.60 Å². The molecule has 1 aliphatic carbocycles. The van der Waals surface area contributed by atoms with Crippen LogP contribution in [0.15, 0.2) is 0 Å². The summed E-state index contributed by atoms with van der Waals surface area (Å²) in [6, 6.07) is -0.363. The van der Waals surface area contributed by atoms with Gasteiger partial charge in [-0.05, 0) is 40.5 Å². The van der Waals surface area contributed by atoms with Crippen molar-refractivity contribution in [1.82, 2.24) is 5.32 Å². The molecule has 1 aliphatic rings. The van der Waals surface area contributed by atoms with Crippen molar-refractivity contribution < 1.29 is 19.4 Å². The first-order chi connectivity index (χ1) is 9.17. The van der Waals surface area contributed by atoms with E-state index in [0.29, 0.717) is 6.42 Å². The summed E-state index contributed by atoms with van der Waals surface area (Å²) in [5.74, 6) is 0. The lowest BCUT2D eigenvalue weighted by Gasteiger charge is -2.32. The Labute approximate surface area is 122 Å². The number of alkyl carbamates (subject to hydrolysis) is 1. The zero-order valence-corrected chi connectivity index (χ0v) is 13.4. The number of ether oxygens (including phenoxy) is 2. The van der Waals surface area contributed by atoms with Crippen molar-refractivity contribution in [1.29, 1.82) is 0 Å². The first-order valence-corrected chi connectivity index (χ1v) is 7.40. The molecule has 20 heavy (non-hydrogen) atoms. The van der Waals surface area contributed by atoms with Crippen LogP contribution in [0.5, 0.6) is 0 Å². The van der Waals surface area contributed by atoms with Gasteiger partial charge in [-0.15, -0.1) is 0 Å². The average molecular weight is 287 g/mol. The Hall–Kier alpha value is -0.810. The van der Waals surface area contributed by atoms with E-state index in [-0.39, 0.29) is 11.6 Å². The molecule has 0 heterocycles. The highest BCUT2D eigenvalue weighted by Crippen LogP contribution is 2.36. The molecule has 1 saturated carbocycles. The van der Waals surface area contributed by atoms with Crippen molar-refractivity contribution in [2.45, 2.75) is 83.1 Å². The Morgan fingerprint density at radius 1 is 1.35 bits per heavy atom. The summed E-state index contributed by atoms with van der Waals surface area (Å²) in [7, 11) is 1.70. The summed E-state index contributed by atoms with van der Waals surface area (Å²) in [4.78, 5) is 11.7. The van der Waals surface area contributed by atoms with Crippen LogP contribution in [0.4, 0.5) is 4.79 Å². The van der Waals surface area contributed by atoms with Crippen LogP contribution in [-0.2, 0) is 9.47 Å². The van der Waals surface area contributed by atoms with Crippen LogP contribution in [0, 0.1) is 0 Å². The maximum atomic E-state index is 11.7. The van der Waals surface area contributed by atoms with Crippen molar-refractivity contribution in [3.05, 3.63) is 0 Å². The summed E-state index contributed by atoms with van der Waals surface area (Å²) in [6.45, 7) is 7.22. The molecule has 118 valence electrons. The van der Waals surface area contributed by atoms with Crippen molar-refractivity contribution >= 4 is 6.09 Å². The summed E-state index contributed by atoms with van der Waals surface area (Å²) in [5, 5.41) is 13.0. The van der Waals surface area contributed by atoms with E-state index in [0.717, 1.165) is 25.7 Å². The predicted molar refractivity (Wildman–Crippen MR) is 77.7 cm³/mol. The van der Waals surface area contributed by atoms with Crippen molar-refractivity contribution in [3.63, 3.8) is 0 Å². The van der Waals surface area contributed by atoms with Gasteiger partial charge >= 0.3 is 6.09 Å². The minimum atomic E-state index is -0.638. The normalized spacial score (nSPS) is 21.3. The predicted octanol–water partition coefficient (Wildman–Crippen LogP) is 2.61. The Balaban J connectivity index is 2.46. The SMILES string of the molecule is COC1(C[C@H](O)[C@H](C)NC(=O)OC(C)(C)C)CCCC1. The Bertz CT molecular complexity index is 318. The van der Waals surface area contributed by atoms with E-state index in [9.17, 15) is 9.90 Å². The minimum absolute atomic E-state index is 0.233. The highest BCUT2D eigenvalue weighted by molar-refractivity contribution is 5.68. The van der Waals surface area contributed by atoms with Gasteiger partial charge in [-0.1, -0.05) is 12.8 Å². The quantitative estimate of drug-likeness (QED) is 0.815.